The molecule has 0 saturated carbocycles. The molecule has 0 heterocycles. The Bertz CT molecular complexity index is 614. The first kappa shape index (κ1) is 18.3. The van der Waals surface area contributed by atoms with Crippen LogP contribution in [0, 0.1) is 0 Å². The first-order chi connectivity index (χ1) is 11.8. The maximum absolute atomic E-state index is 6.02. The van der Waals surface area contributed by atoms with Gasteiger partial charge in [-0.1, -0.05) is 48.6 Å². The van der Waals surface area contributed by atoms with Crippen molar-refractivity contribution in [1.82, 2.24) is 0 Å². The Morgan fingerprint density at radius 2 is 1.29 bits per heavy atom. The zero-order valence-electron chi connectivity index (χ0n) is 14.0. The average molecular weight is 342 g/mol. The molecule has 126 valence electrons. The second kappa shape index (κ2) is 9.92. The molecular weight excluding hydrogens is 319 g/mol. The lowest BCUT2D eigenvalue weighted by Crippen LogP contribution is -2.02. The van der Waals surface area contributed by atoms with Crippen molar-refractivity contribution in [2.24, 2.45) is 0 Å². The van der Waals surface area contributed by atoms with Gasteiger partial charge in [-0.3, -0.25) is 4.52 Å². The van der Waals surface area contributed by atoms with Gasteiger partial charge < -0.3 is 9.05 Å². The van der Waals surface area contributed by atoms with Gasteiger partial charge in [0.05, 0.1) is 6.61 Å². The second-order valence-electron chi connectivity index (χ2n) is 5.02. The summed E-state index contributed by atoms with van der Waals surface area (Å²) in [5.41, 5.74) is 2.12. The molecule has 0 N–H and O–H groups in total. The van der Waals surface area contributed by atoms with Gasteiger partial charge in [0, 0.05) is 0 Å². The van der Waals surface area contributed by atoms with Crippen LogP contribution in [-0.2, 0) is 17.4 Å². The average Bonchev–Trinajstić information content (AvgIpc) is 2.59. The van der Waals surface area contributed by atoms with Crippen LogP contribution < -0.4 is 9.05 Å². The van der Waals surface area contributed by atoms with Crippen LogP contribution in [0.2, 0.25) is 0 Å². The SMILES string of the molecule is C=CCc1ccccc1OP(OCC)Oc1ccccc1CC=C. The summed E-state index contributed by atoms with van der Waals surface area (Å²) in [6.45, 7) is 10.0. The van der Waals surface area contributed by atoms with Gasteiger partial charge >= 0.3 is 8.60 Å². The number of hydrogen-bond acceptors (Lipinski definition) is 3. The Hall–Kier alpha value is -2.09. The zero-order valence-corrected chi connectivity index (χ0v) is 14.9. The van der Waals surface area contributed by atoms with Gasteiger partial charge in [0.1, 0.15) is 11.5 Å². The second-order valence-corrected chi connectivity index (χ2v) is 6.10. The Balaban J connectivity index is 2.18. The molecule has 0 saturated heterocycles. The number of rotatable bonds is 10. The predicted molar refractivity (Wildman–Crippen MR) is 100 cm³/mol. The molecule has 0 aliphatic heterocycles. The summed E-state index contributed by atoms with van der Waals surface area (Å²) < 4.78 is 17.7. The topological polar surface area (TPSA) is 27.7 Å². The summed E-state index contributed by atoms with van der Waals surface area (Å²) >= 11 is 0. The minimum atomic E-state index is -1.54. The maximum atomic E-state index is 6.02. The van der Waals surface area contributed by atoms with Gasteiger partial charge in [-0.15, -0.1) is 13.2 Å². The molecule has 0 fully saturated rings. The summed E-state index contributed by atoms with van der Waals surface area (Å²) in [5, 5.41) is 0. The first-order valence-electron chi connectivity index (χ1n) is 7.95. The number of hydrogen-bond donors (Lipinski definition) is 0. The smallest absolute Gasteiger partial charge is 0.417 e. The van der Waals surface area contributed by atoms with E-state index >= 15 is 0 Å². The molecule has 24 heavy (non-hydrogen) atoms. The van der Waals surface area contributed by atoms with Crippen molar-refractivity contribution in [3.63, 3.8) is 0 Å². The lowest BCUT2D eigenvalue weighted by atomic mass is 10.1. The van der Waals surface area contributed by atoms with E-state index in [2.05, 4.69) is 13.2 Å². The fourth-order valence-corrected chi connectivity index (χ4v) is 3.20. The summed E-state index contributed by atoms with van der Waals surface area (Å²) in [4.78, 5) is 0. The standard InChI is InChI=1S/C20H23O3P/c1-4-11-17-13-7-9-15-19(17)22-24(21-6-3)23-20-16-10-8-14-18(20)12-5-2/h4-5,7-10,13-16H,1-2,6,11-12H2,3H3. The molecule has 0 aliphatic rings. The summed E-state index contributed by atoms with van der Waals surface area (Å²) in [6, 6.07) is 15.7. The van der Waals surface area contributed by atoms with E-state index in [1.165, 1.54) is 0 Å². The lowest BCUT2D eigenvalue weighted by molar-refractivity contribution is 0.279. The van der Waals surface area contributed by atoms with Crippen LogP contribution >= 0.6 is 8.60 Å². The zero-order chi connectivity index (χ0) is 17.2. The number of allylic oxidation sites excluding steroid dienone is 2. The molecule has 0 aliphatic carbocycles. The molecule has 0 unspecified atom stereocenters. The Labute approximate surface area is 145 Å². The van der Waals surface area contributed by atoms with E-state index in [9.17, 15) is 0 Å². The summed E-state index contributed by atoms with van der Waals surface area (Å²) in [5.74, 6) is 1.52. The predicted octanol–water partition coefficient (Wildman–Crippen LogP) is 5.86. The van der Waals surface area contributed by atoms with Gasteiger partial charge in [-0.05, 0) is 43.0 Å². The fourth-order valence-electron chi connectivity index (χ4n) is 2.17. The lowest BCUT2D eigenvalue weighted by Gasteiger charge is -2.19. The van der Waals surface area contributed by atoms with E-state index in [0.717, 1.165) is 35.5 Å². The third-order valence-corrected chi connectivity index (χ3v) is 4.41. The molecule has 2 aromatic rings. The van der Waals surface area contributed by atoms with Crippen LogP contribution in [0.4, 0.5) is 0 Å². The molecule has 0 atom stereocenters. The quantitative estimate of drug-likeness (QED) is 0.399. The molecule has 0 radical (unpaired) electrons. The highest BCUT2D eigenvalue weighted by Gasteiger charge is 2.19. The highest BCUT2D eigenvalue weighted by molar-refractivity contribution is 7.42. The Morgan fingerprint density at radius 3 is 1.71 bits per heavy atom. The first-order valence-corrected chi connectivity index (χ1v) is 9.04. The Kier molecular flexibility index (Phi) is 7.54. The molecule has 0 spiro atoms. The Morgan fingerprint density at radius 1 is 0.833 bits per heavy atom. The van der Waals surface area contributed by atoms with Crippen molar-refractivity contribution in [2.75, 3.05) is 6.61 Å². The van der Waals surface area contributed by atoms with Crippen molar-refractivity contribution in [2.45, 2.75) is 19.8 Å². The minimum absolute atomic E-state index is 0.513. The monoisotopic (exact) mass is 342 g/mol. The molecule has 2 rings (SSSR count). The van der Waals surface area contributed by atoms with E-state index in [1.807, 2.05) is 67.6 Å². The van der Waals surface area contributed by atoms with E-state index in [-0.39, 0.29) is 0 Å². The normalized spacial score (nSPS) is 10.4. The number of benzene rings is 2. The van der Waals surface area contributed by atoms with Gasteiger partial charge in [0.15, 0.2) is 0 Å². The van der Waals surface area contributed by atoms with Crippen LogP contribution in [-0.4, -0.2) is 6.61 Å². The highest BCUT2D eigenvalue weighted by atomic mass is 31.2. The molecule has 4 heteroatoms. The van der Waals surface area contributed by atoms with Crippen molar-refractivity contribution >= 4 is 8.60 Å². The van der Waals surface area contributed by atoms with E-state index in [1.54, 1.807) is 0 Å². The summed E-state index contributed by atoms with van der Waals surface area (Å²) in [6.07, 6.45) is 5.17. The third kappa shape index (κ3) is 5.23. The van der Waals surface area contributed by atoms with Gasteiger partial charge in [0.25, 0.3) is 0 Å². The molecule has 0 aromatic heterocycles. The van der Waals surface area contributed by atoms with E-state index < -0.39 is 8.60 Å². The third-order valence-electron chi connectivity index (χ3n) is 3.25. The van der Waals surface area contributed by atoms with Gasteiger partial charge in [0.2, 0.25) is 0 Å². The summed E-state index contributed by atoms with van der Waals surface area (Å²) in [7, 11) is -1.54. The molecule has 0 amide bonds. The highest BCUT2D eigenvalue weighted by Crippen LogP contribution is 2.43. The van der Waals surface area contributed by atoms with Crippen molar-refractivity contribution in [1.29, 1.82) is 0 Å². The van der Waals surface area contributed by atoms with Gasteiger partial charge in [-0.2, -0.15) is 0 Å². The van der Waals surface area contributed by atoms with Crippen molar-refractivity contribution in [3.05, 3.63) is 85.0 Å². The van der Waals surface area contributed by atoms with Crippen LogP contribution in [0.15, 0.2) is 73.8 Å². The van der Waals surface area contributed by atoms with Crippen LogP contribution in [0.3, 0.4) is 0 Å². The molecule has 2 aromatic carbocycles. The van der Waals surface area contributed by atoms with Crippen LogP contribution in [0.1, 0.15) is 18.1 Å². The minimum Gasteiger partial charge on any atom is -0.417 e. The van der Waals surface area contributed by atoms with Crippen LogP contribution in [0.5, 0.6) is 11.5 Å². The fraction of sp³-hybridized carbons (Fsp3) is 0.200. The van der Waals surface area contributed by atoms with Gasteiger partial charge in [-0.25, -0.2) is 0 Å². The van der Waals surface area contributed by atoms with E-state index in [4.69, 9.17) is 13.6 Å². The largest absolute Gasteiger partial charge is 0.463 e. The van der Waals surface area contributed by atoms with Crippen LogP contribution in [0.25, 0.3) is 0 Å². The molecular formula is C20H23O3P. The molecule has 3 nitrogen and oxygen atoms in total. The molecule has 0 bridgehead atoms. The van der Waals surface area contributed by atoms with Crippen molar-refractivity contribution in [3.8, 4) is 11.5 Å². The number of para-hydroxylation sites is 2. The maximum Gasteiger partial charge on any atom is 0.463 e. The van der Waals surface area contributed by atoms with Crippen molar-refractivity contribution < 1.29 is 13.6 Å². The van der Waals surface area contributed by atoms with E-state index in [0.29, 0.717) is 6.61 Å².